The fraction of sp³-hybridized carbons (Fsp3) is 0.0196. The van der Waals surface area contributed by atoms with E-state index in [2.05, 4.69) is 197 Å². The minimum atomic E-state index is -0.0939. The molecule has 3 aromatic heterocycles. The Labute approximate surface area is 323 Å². The quantitative estimate of drug-likeness (QED) is 0.170. The van der Waals surface area contributed by atoms with E-state index in [9.17, 15) is 0 Å². The number of furan rings is 1. The summed E-state index contributed by atoms with van der Waals surface area (Å²) >= 11 is 0. The minimum Gasteiger partial charge on any atom is -0.456 e. The maximum atomic E-state index is 6.73. The second-order valence-electron chi connectivity index (χ2n) is 15.4. The number of nitrogens with zero attached hydrogens (tertiary/aromatic N) is 3. The van der Waals surface area contributed by atoms with Crippen LogP contribution in [-0.2, 0) is 0 Å². The SMILES string of the molecule is Cc1ccc(N2B3c4cc5cc(-c6ccccc6)oc5cc4-n4c5ccccc5c5c(-n6c7ccccc7c7ccccc76)cc(c3c54)-c3ccccc32)cc1. The molecule has 8 aromatic carbocycles. The van der Waals surface area contributed by atoms with Crippen molar-refractivity contribution in [2.24, 2.45) is 0 Å². The molecule has 0 atom stereocenters. The molecule has 2 aliphatic heterocycles. The number of benzene rings is 8. The molecule has 0 amide bonds. The smallest absolute Gasteiger partial charge is 0.333 e. The van der Waals surface area contributed by atoms with Gasteiger partial charge in [-0.25, -0.2) is 0 Å². The standard InChI is InChI=1S/C51H32BN3O/c1-31-23-25-34(26-24-31)55-44-22-12-7-17-37(44)39-29-46(53-41-19-9-5-15-35(41)36-16-6-10-20-42(36)53)49-38-18-8-11-21-43(38)54-45-30-48-33(27-40(45)52(55)50(39)51(49)54)28-47(56-48)32-13-3-2-4-14-32/h2-30H,1H3. The van der Waals surface area contributed by atoms with Gasteiger partial charge in [0.1, 0.15) is 11.3 Å². The minimum absolute atomic E-state index is 0.0939. The molecule has 0 fully saturated rings. The van der Waals surface area contributed by atoms with E-state index < -0.39 is 0 Å². The lowest BCUT2D eigenvalue weighted by Gasteiger charge is -2.42. The van der Waals surface area contributed by atoms with E-state index in [1.54, 1.807) is 0 Å². The van der Waals surface area contributed by atoms with Crippen LogP contribution < -0.4 is 15.7 Å². The Balaban J connectivity index is 1.24. The Morgan fingerprint density at radius 1 is 0.500 bits per heavy atom. The summed E-state index contributed by atoms with van der Waals surface area (Å²) in [5.41, 5.74) is 17.9. The first kappa shape index (κ1) is 30.1. The van der Waals surface area contributed by atoms with Crippen LogP contribution in [0.4, 0.5) is 11.4 Å². The number of hydrogen-bond acceptors (Lipinski definition) is 2. The van der Waals surface area contributed by atoms with Gasteiger partial charge in [-0.1, -0.05) is 127 Å². The predicted molar refractivity (Wildman–Crippen MR) is 234 cm³/mol. The monoisotopic (exact) mass is 713 g/mol. The first-order valence-corrected chi connectivity index (χ1v) is 19.4. The summed E-state index contributed by atoms with van der Waals surface area (Å²) in [6.07, 6.45) is 0. The van der Waals surface area contributed by atoms with E-state index >= 15 is 0 Å². The zero-order valence-electron chi connectivity index (χ0n) is 30.6. The zero-order valence-corrected chi connectivity index (χ0v) is 30.6. The Bertz CT molecular complexity index is 3390. The Kier molecular flexibility index (Phi) is 5.88. The maximum Gasteiger partial charge on any atom is 0.333 e. The maximum absolute atomic E-state index is 6.73. The molecule has 0 saturated heterocycles. The Morgan fingerprint density at radius 3 is 1.89 bits per heavy atom. The van der Waals surface area contributed by atoms with Crippen LogP contribution in [0.15, 0.2) is 180 Å². The van der Waals surface area contributed by atoms with Crippen molar-refractivity contribution in [3.05, 3.63) is 181 Å². The Hall–Kier alpha value is -7.24. The van der Waals surface area contributed by atoms with Crippen LogP contribution in [0.25, 0.3) is 88.4 Å². The van der Waals surface area contributed by atoms with Gasteiger partial charge in [0.2, 0.25) is 0 Å². The molecule has 4 nitrogen and oxygen atoms in total. The summed E-state index contributed by atoms with van der Waals surface area (Å²) in [5.74, 6) is 0.877. The largest absolute Gasteiger partial charge is 0.456 e. The van der Waals surface area contributed by atoms with Crippen LogP contribution in [0, 0.1) is 6.92 Å². The van der Waals surface area contributed by atoms with Crippen molar-refractivity contribution in [3.8, 4) is 33.8 Å². The average Bonchev–Trinajstić information content (AvgIpc) is 3.94. The molecular weight excluding hydrogens is 681 g/mol. The number of para-hydroxylation sites is 4. The van der Waals surface area contributed by atoms with Gasteiger partial charge in [0, 0.05) is 61.2 Å². The van der Waals surface area contributed by atoms with E-state index in [1.165, 1.54) is 88.3 Å². The lowest BCUT2D eigenvalue weighted by molar-refractivity contribution is 0.631. The van der Waals surface area contributed by atoms with E-state index in [0.29, 0.717) is 0 Å². The van der Waals surface area contributed by atoms with Gasteiger partial charge in [0.05, 0.1) is 27.8 Å². The lowest BCUT2D eigenvalue weighted by atomic mass is 9.44. The van der Waals surface area contributed by atoms with Crippen molar-refractivity contribution < 1.29 is 4.42 Å². The van der Waals surface area contributed by atoms with Gasteiger partial charge in [-0.05, 0) is 71.9 Å². The highest BCUT2D eigenvalue weighted by Gasteiger charge is 2.45. The number of fused-ring (bicyclic) bond motifs is 12. The topological polar surface area (TPSA) is 26.2 Å². The zero-order chi connectivity index (χ0) is 36.6. The third kappa shape index (κ3) is 3.89. The molecule has 11 aromatic rings. The van der Waals surface area contributed by atoms with Crippen LogP contribution in [0.3, 0.4) is 0 Å². The van der Waals surface area contributed by atoms with Crippen molar-refractivity contribution in [1.82, 2.24) is 9.13 Å². The molecule has 5 heterocycles. The summed E-state index contributed by atoms with van der Waals surface area (Å²) in [4.78, 5) is 2.58. The van der Waals surface area contributed by atoms with Crippen LogP contribution in [0.5, 0.6) is 0 Å². The van der Waals surface area contributed by atoms with Gasteiger partial charge in [-0.2, -0.15) is 0 Å². The fourth-order valence-corrected chi connectivity index (χ4v) is 10.00. The third-order valence-electron chi connectivity index (χ3n) is 12.3. The average molecular weight is 714 g/mol. The van der Waals surface area contributed by atoms with Crippen LogP contribution in [-0.4, -0.2) is 16.0 Å². The molecule has 13 rings (SSSR count). The lowest BCUT2D eigenvalue weighted by Crippen LogP contribution is -2.60. The molecular formula is C51H32BN3O. The number of anilines is 2. The third-order valence-corrected chi connectivity index (χ3v) is 12.3. The van der Waals surface area contributed by atoms with Crippen molar-refractivity contribution in [1.29, 1.82) is 0 Å². The highest BCUT2D eigenvalue weighted by atomic mass is 16.3. The molecule has 5 heteroatoms. The molecule has 2 aliphatic rings. The van der Waals surface area contributed by atoms with E-state index in [0.717, 1.165) is 28.0 Å². The second-order valence-corrected chi connectivity index (χ2v) is 15.4. The molecule has 0 radical (unpaired) electrons. The number of aromatic nitrogens is 2. The van der Waals surface area contributed by atoms with Crippen molar-refractivity contribution in [2.75, 3.05) is 4.81 Å². The number of rotatable bonds is 3. The summed E-state index contributed by atoms with van der Waals surface area (Å²) in [5, 5.41) is 6.11. The fourth-order valence-electron chi connectivity index (χ4n) is 10.00. The second kappa shape index (κ2) is 10.9. The van der Waals surface area contributed by atoms with Gasteiger partial charge >= 0.3 is 6.85 Å². The van der Waals surface area contributed by atoms with Crippen LogP contribution in [0.1, 0.15) is 5.56 Å². The number of aryl methyl sites for hydroxylation is 1. The molecule has 0 aliphatic carbocycles. The van der Waals surface area contributed by atoms with Gasteiger partial charge in [-0.3, -0.25) is 0 Å². The molecule has 56 heavy (non-hydrogen) atoms. The summed E-state index contributed by atoms with van der Waals surface area (Å²) in [6, 6.07) is 64.5. The van der Waals surface area contributed by atoms with E-state index in [4.69, 9.17) is 4.42 Å². The first-order chi connectivity index (χ1) is 27.7. The highest BCUT2D eigenvalue weighted by Crippen LogP contribution is 2.48. The molecule has 0 N–H and O–H groups in total. The molecule has 0 saturated carbocycles. The number of hydrogen-bond donors (Lipinski definition) is 0. The normalized spacial score (nSPS) is 13.0. The van der Waals surface area contributed by atoms with Gasteiger partial charge in [0.15, 0.2) is 0 Å². The summed E-state index contributed by atoms with van der Waals surface area (Å²) < 4.78 is 11.8. The van der Waals surface area contributed by atoms with Gasteiger partial charge in [-0.15, -0.1) is 0 Å². The molecule has 260 valence electrons. The van der Waals surface area contributed by atoms with Crippen molar-refractivity contribution >= 4 is 83.7 Å². The summed E-state index contributed by atoms with van der Waals surface area (Å²) in [6.45, 7) is 2.07. The van der Waals surface area contributed by atoms with Crippen LogP contribution in [0.2, 0.25) is 0 Å². The van der Waals surface area contributed by atoms with Crippen LogP contribution >= 0.6 is 0 Å². The molecule has 0 bridgehead atoms. The van der Waals surface area contributed by atoms with Gasteiger partial charge < -0.3 is 18.4 Å². The highest BCUT2D eigenvalue weighted by molar-refractivity contribution is 6.94. The summed E-state index contributed by atoms with van der Waals surface area (Å²) in [7, 11) is 0. The van der Waals surface area contributed by atoms with E-state index in [-0.39, 0.29) is 6.85 Å². The van der Waals surface area contributed by atoms with Gasteiger partial charge in [0.25, 0.3) is 0 Å². The molecule has 0 unspecified atom stereocenters. The Morgan fingerprint density at radius 2 is 1.14 bits per heavy atom. The molecule has 0 spiro atoms. The first-order valence-electron chi connectivity index (χ1n) is 19.4. The predicted octanol–water partition coefficient (Wildman–Crippen LogP) is 11.8. The van der Waals surface area contributed by atoms with E-state index in [1.807, 2.05) is 0 Å². The van der Waals surface area contributed by atoms with Crippen molar-refractivity contribution in [2.45, 2.75) is 6.92 Å². The van der Waals surface area contributed by atoms with Crippen molar-refractivity contribution in [3.63, 3.8) is 0 Å².